The summed E-state index contributed by atoms with van der Waals surface area (Å²) in [6.45, 7) is 9.41. The van der Waals surface area contributed by atoms with Gasteiger partial charge in [-0.2, -0.15) is 0 Å². The number of piperidine rings is 1. The third kappa shape index (κ3) is 5.15. The van der Waals surface area contributed by atoms with E-state index in [1.165, 1.54) is 6.42 Å². The van der Waals surface area contributed by atoms with Crippen molar-refractivity contribution in [2.24, 2.45) is 0 Å². The molecule has 3 rings (SSSR count). The Labute approximate surface area is 193 Å². The van der Waals surface area contributed by atoms with Crippen molar-refractivity contribution >= 4 is 5.91 Å². The molecule has 0 bridgehead atoms. The molecular weight excluding hydrogens is 436 g/mol. The minimum absolute atomic E-state index is 0. The van der Waals surface area contributed by atoms with Crippen molar-refractivity contribution in [2.45, 2.75) is 44.9 Å². The number of hydrogen-bond donors (Lipinski definition) is 0. The molecule has 0 saturated carbocycles. The maximum Gasteiger partial charge on any atom is 0.237 e. The Morgan fingerprint density at radius 3 is 1.77 bits per heavy atom. The van der Waals surface area contributed by atoms with Gasteiger partial charge in [0.25, 0.3) is 0 Å². The zero-order chi connectivity index (χ0) is 20.7. The van der Waals surface area contributed by atoms with E-state index in [9.17, 15) is 4.79 Å². The molecule has 164 valence electrons. The Morgan fingerprint density at radius 1 is 0.867 bits per heavy atom. The summed E-state index contributed by atoms with van der Waals surface area (Å²) in [6.07, 6.45) is 4.29. The van der Waals surface area contributed by atoms with Gasteiger partial charge in [0.05, 0.1) is 26.7 Å². The molecule has 0 spiro atoms. The van der Waals surface area contributed by atoms with E-state index < -0.39 is 5.41 Å². The van der Waals surface area contributed by atoms with Crippen molar-refractivity contribution in [3.63, 3.8) is 0 Å². The highest BCUT2D eigenvalue weighted by Gasteiger charge is 2.45. The minimum Gasteiger partial charge on any atom is -1.00 e. The summed E-state index contributed by atoms with van der Waals surface area (Å²) in [5.41, 5.74) is 1.63. The van der Waals surface area contributed by atoms with E-state index >= 15 is 0 Å². The second-order valence-electron chi connectivity index (χ2n) is 8.72. The Balaban J connectivity index is 0.00000320. The third-order valence-electron chi connectivity index (χ3n) is 7.10. The van der Waals surface area contributed by atoms with E-state index in [2.05, 4.69) is 74.3 Å². The van der Waals surface area contributed by atoms with E-state index in [0.717, 1.165) is 67.6 Å². The molecule has 0 radical (unpaired) electrons. The number of nitrogens with zero attached hydrogens (tertiary/aromatic N) is 2. The maximum absolute atomic E-state index is 14.2. The van der Waals surface area contributed by atoms with Gasteiger partial charge in [0.15, 0.2) is 0 Å². The van der Waals surface area contributed by atoms with Gasteiger partial charge in [0, 0.05) is 19.5 Å². The van der Waals surface area contributed by atoms with Crippen molar-refractivity contribution in [1.29, 1.82) is 0 Å². The second kappa shape index (κ2) is 11.1. The van der Waals surface area contributed by atoms with Crippen LogP contribution in [0.3, 0.4) is 0 Å². The van der Waals surface area contributed by atoms with Crippen LogP contribution in [-0.4, -0.2) is 55.1 Å². The van der Waals surface area contributed by atoms with Gasteiger partial charge < -0.3 is 26.4 Å². The van der Waals surface area contributed by atoms with Gasteiger partial charge in [-0.3, -0.25) is 4.79 Å². The van der Waals surface area contributed by atoms with Gasteiger partial charge in [0.1, 0.15) is 5.41 Å². The molecule has 2 aromatic rings. The number of halogens is 1. The number of benzene rings is 2. The fraction of sp³-hybridized carbons (Fsp3) is 0.500. The van der Waals surface area contributed by atoms with E-state index in [4.69, 9.17) is 0 Å². The number of likely N-dealkylation sites (tertiary alicyclic amines) is 1. The lowest BCUT2D eigenvalue weighted by Gasteiger charge is -2.42. The largest absolute Gasteiger partial charge is 1.00 e. The number of rotatable bonds is 8. The van der Waals surface area contributed by atoms with Crippen LogP contribution in [0.25, 0.3) is 0 Å². The maximum atomic E-state index is 14.2. The molecule has 4 heteroatoms. The molecule has 1 heterocycles. The van der Waals surface area contributed by atoms with Crippen LogP contribution in [0.15, 0.2) is 60.7 Å². The summed E-state index contributed by atoms with van der Waals surface area (Å²) in [7, 11) is 2.31. The summed E-state index contributed by atoms with van der Waals surface area (Å²) in [4.78, 5) is 16.4. The highest BCUT2D eigenvalue weighted by Crippen LogP contribution is 2.39. The third-order valence-corrected chi connectivity index (χ3v) is 7.10. The van der Waals surface area contributed by atoms with Gasteiger partial charge in [0.2, 0.25) is 5.91 Å². The highest BCUT2D eigenvalue weighted by molar-refractivity contribution is 5.92. The Bertz CT molecular complexity index is 729. The van der Waals surface area contributed by atoms with E-state index in [1.807, 2.05) is 12.1 Å². The van der Waals surface area contributed by atoms with Crippen LogP contribution < -0.4 is 17.0 Å². The summed E-state index contributed by atoms with van der Waals surface area (Å²) in [6, 6.07) is 21.0. The monoisotopic (exact) mass is 472 g/mol. The van der Waals surface area contributed by atoms with Crippen LogP contribution in [-0.2, 0) is 10.2 Å². The van der Waals surface area contributed by atoms with Crippen LogP contribution >= 0.6 is 0 Å². The van der Waals surface area contributed by atoms with Crippen LogP contribution in [0.4, 0.5) is 0 Å². The first-order valence-electron chi connectivity index (χ1n) is 11.3. The predicted octanol–water partition coefficient (Wildman–Crippen LogP) is 1.87. The lowest BCUT2D eigenvalue weighted by atomic mass is 9.70. The van der Waals surface area contributed by atoms with Crippen LogP contribution in [0.2, 0.25) is 0 Å². The fourth-order valence-corrected chi connectivity index (χ4v) is 4.60. The topological polar surface area (TPSA) is 20.3 Å². The molecular formula is C26H37BrN2O. The van der Waals surface area contributed by atoms with Gasteiger partial charge in [-0.15, -0.1) is 0 Å². The van der Waals surface area contributed by atoms with E-state index in [1.54, 1.807) is 0 Å². The molecule has 1 aliphatic rings. The minimum atomic E-state index is -0.621. The SMILES string of the molecule is CC[N+](C)(CC)CCC(C(=O)N1CCCCC1)(c1ccccc1)c1ccccc1.[Br-]. The average molecular weight is 473 g/mol. The van der Waals surface area contributed by atoms with E-state index in [0.29, 0.717) is 0 Å². The van der Waals surface area contributed by atoms with Gasteiger partial charge in [-0.05, 0) is 44.2 Å². The smallest absolute Gasteiger partial charge is 0.237 e. The quantitative estimate of drug-likeness (QED) is 0.537. The van der Waals surface area contributed by atoms with Gasteiger partial charge in [-0.1, -0.05) is 60.7 Å². The Kier molecular flexibility index (Phi) is 9.11. The summed E-state index contributed by atoms with van der Waals surface area (Å²) < 4.78 is 0.981. The molecule has 1 amide bonds. The lowest BCUT2D eigenvalue weighted by Crippen LogP contribution is -3.00. The Hall–Kier alpha value is -1.65. The van der Waals surface area contributed by atoms with Crippen molar-refractivity contribution < 1.29 is 26.3 Å². The first-order chi connectivity index (χ1) is 14.1. The van der Waals surface area contributed by atoms with Crippen molar-refractivity contribution in [3.05, 3.63) is 71.8 Å². The first-order valence-corrected chi connectivity index (χ1v) is 11.3. The number of carbonyl (C=O) groups excluding carboxylic acids is 1. The summed E-state index contributed by atoms with van der Waals surface area (Å²) in [5, 5.41) is 0. The molecule has 3 nitrogen and oxygen atoms in total. The number of quaternary nitrogens is 1. The highest BCUT2D eigenvalue weighted by atomic mass is 79.9. The lowest BCUT2D eigenvalue weighted by molar-refractivity contribution is -0.906. The molecule has 0 unspecified atom stereocenters. The summed E-state index contributed by atoms with van der Waals surface area (Å²) >= 11 is 0. The van der Waals surface area contributed by atoms with Crippen LogP contribution in [0, 0.1) is 0 Å². The first kappa shape index (κ1) is 24.6. The molecule has 2 aromatic carbocycles. The zero-order valence-corrected chi connectivity index (χ0v) is 20.4. The molecule has 1 fully saturated rings. The molecule has 1 aliphatic heterocycles. The predicted molar refractivity (Wildman–Crippen MR) is 121 cm³/mol. The molecule has 0 N–H and O–H groups in total. The Morgan fingerprint density at radius 2 is 1.33 bits per heavy atom. The second-order valence-corrected chi connectivity index (χ2v) is 8.72. The van der Waals surface area contributed by atoms with Crippen molar-refractivity contribution in [1.82, 2.24) is 4.90 Å². The fourth-order valence-electron chi connectivity index (χ4n) is 4.60. The molecule has 0 aromatic heterocycles. The van der Waals surface area contributed by atoms with Crippen LogP contribution in [0.5, 0.6) is 0 Å². The van der Waals surface area contributed by atoms with Crippen molar-refractivity contribution in [3.8, 4) is 0 Å². The van der Waals surface area contributed by atoms with Gasteiger partial charge in [-0.25, -0.2) is 0 Å². The van der Waals surface area contributed by atoms with E-state index in [-0.39, 0.29) is 22.9 Å². The average Bonchev–Trinajstić information content (AvgIpc) is 2.81. The number of carbonyl (C=O) groups is 1. The molecule has 0 aliphatic carbocycles. The number of amides is 1. The van der Waals surface area contributed by atoms with Crippen molar-refractivity contribution in [2.75, 3.05) is 39.8 Å². The zero-order valence-electron chi connectivity index (χ0n) is 18.8. The standard InChI is InChI=1S/C26H37N2O.BrH/c1-4-28(3,5-2)22-19-26(23-15-9-6-10-16-23,24-17-11-7-12-18-24)25(29)27-20-13-8-14-21-27;/h6-7,9-12,15-18H,4-5,8,13-14,19-22H2,1-3H3;1H/q+1;/p-1. The normalized spacial score (nSPS) is 14.8. The summed E-state index contributed by atoms with van der Waals surface area (Å²) in [5.74, 6) is 0.286. The molecule has 0 atom stereocenters. The molecule has 30 heavy (non-hydrogen) atoms. The van der Waals surface area contributed by atoms with Crippen LogP contribution in [0.1, 0.15) is 50.7 Å². The number of hydrogen-bond acceptors (Lipinski definition) is 1. The van der Waals surface area contributed by atoms with Gasteiger partial charge >= 0.3 is 0 Å². The molecule has 1 saturated heterocycles.